The van der Waals surface area contributed by atoms with Crippen molar-refractivity contribution in [1.82, 2.24) is 10.2 Å². The summed E-state index contributed by atoms with van der Waals surface area (Å²) in [5, 5.41) is 2.38. The summed E-state index contributed by atoms with van der Waals surface area (Å²) in [6.45, 7) is 1.45. The largest absolute Gasteiger partial charge is 0.497 e. The van der Waals surface area contributed by atoms with Gasteiger partial charge in [-0.3, -0.25) is 10.1 Å². The van der Waals surface area contributed by atoms with Crippen molar-refractivity contribution < 1.29 is 14.3 Å². The molecule has 0 unspecified atom stereocenters. The van der Waals surface area contributed by atoms with E-state index in [1.807, 2.05) is 0 Å². The molecule has 1 fully saturated rings. The molecule has 1 aliphatic heterocycles. The first kappa shape index (κ1) is 12.4. The van der Waals surface area contributed by atoms with Crippen LogP contribution in [0.25, 0.3) is 0 Å². The molecular formula is C13H16N2O3. The molecule has 0 bridgehead atoms. The van der Waals surface area contributed by atoms with Gasteiger partial charge in [-0.1, -0.05) is 0 Å². The fourth-order valence-corrected chi connectivity index (χ4v) is 1.91. The van der Waals surface area contributed by atoms with E-state index < -0.39 is 0 Å². The van der Waals surface area contributed by atoms with E-state index in [4.69, 9.17) is 4.74 Å². The molecule has 1 aromatic carbocycles. The van der Waals surface area contributed by atoms with Crippen LogP contribution in [0.4, 0.5) is 4.79 Å². The van der Waals surface area contributed by atoms with Crippen LogP contribution in [-0.2, 0) is 0 Å². The number of nitrogens with one attached hydrogen (secondary N) is 1. The van der Waals surface area contributed by atoms with Gasteiger partial charge in [-0.15, -0.1) is 0 Å². The third kappa shape index (κ3) is 2.80. The summed E-state index contributed by atoms with van der Waals surface area (Å²) < 4.78 is 5.00. The molecule has 0 spiro atoms. The molecule has 5 heteroatoms. The van der Waals surface area contributed by atoms with Crippen molar-refractivity contribution in [3.8, 4) is 5.75 Å². The summed E-state index contributed by atoms with van der Waals surface area (Å²) in [5.74, 6) is 0.298. The Balaban J connectivity index is 1.95. The van der Waals surface area contributed by atoms with Gasteiger partial charge in [0.1, 0.15) is 5.75 Å². The van der Waals surface area contributed by atoms with Crippen LogP contribution in [0.3, 0.4) is 0 Å². The number of nitrogens with zero attached hydrogens (tertiary/aromatic N) is 1. The monoisotopic (exact) mass is 248 g/mol. The Morgan fingerprint density at radius 2 is 1.78 bits per heavy atom. The molecule has 1 aliphatic rings. The third-order valence-electron chi connectivity index (χ3n) is 2.97. The SMILES string of the molecule is COc1ccc(C(=O)NC(=O)N2CCCC2)cc1. The quantitative estimate of drug-likeness (QED) is 0.865. The minimum Gasteiger partial charge on any atom is -0.497 e. The highest BCUT2D eigenvalue weighted by molar-refractivity contribution is 6.04. The van der Waals surface area contributed by atoms with E-state index in [0.717, 1.165) is 25.9 Å². The topological polar surface area (TPSA) is 58.6 Å². The van der Waals surface area contributed by atoms with Crippen molar-refractivity contribution in [3.05, 3.63) is 29.8 Å². The second-order valence-corrected chi connectivity index (χ2v) is 4.18. The summed E-state index contributed by atoms with van der Waals surface area (Å²) in [6, 6.07) is 6.33. The first-order valence-electron chi connectivity index (χ1n) is 5.95. The lowest BCUT2D eigenvalue weighted by molar-refractivity contribution is 0.0954. The van der Waals surface area contributed by atoms with Gasteiger partial charge in [0, 0.05) is 18.7 Å². The van der Waals surface area contributed by atoms with Gasteiger partial charge in [0.2, 0.25) is 0 Å². The van der Waals surface area contributed by atoms with E-state index in [0.29, 0.717) is 11.3 Å². The average Bonchev–Trinajstić information content (AvgIpc) is 2.92. The summed E-state index contributed by atoms with van der Waals surface area (Å²) in [6.07, 6.45) is 2.01. The van der Waals surface area contributed by atoms with Gasteiger partial charge < -0.3 is 9.64 Å². The van der Waals surface area contributed by atoms with Crippen LogP contribution in [0, 0.1) is 0 Å². The summed E-state index contributed by atoms with van der Waals surface area (Å²) in [5.41, 5.74) is 0.448. The van der Waals surface area contributed by atoms with Crippen molar-refractivity contribution >= 4 is 11.9 Å². The molecule has 1 N–H and O–H groups in total. The smallest absolute Gasteiger partial charge is 0.324 e. The van der Waals surface area contributed by atoms with Crippen LogP contribution < -0.4 is 10.1 Å². The number of hydrogen-bond donors (Lipinski definition) is 1. The highest BCUT2D eigenvalue weighted by Gasteiger charge is 2.20. The van der Waals surface area contributed by atoms with Crippen molar-refractivity contribution in [3.63, 3.8) is 0 Å². The maximum Gasteiger partial charge on any atom is 0.324 e. The van der Waals surface area contributed by atoms with Crippen LogP contribution in [0.15, 0.2) is 24.3 Å². The number of hydrogen-bond acceptors (Lipinski definition) is 3. The Labute approximate surface area is 106 Å². The lowest BCUT2D eigenvalue weighted by Crippen LogP contribution is -2.41. The normalized spacial score (nSPS) is 14.4. The molecule has 96 valence electrons. The predicted molar refractivity (Wildman–Crippen MR) is 66.7 cm³/mol. The second kappa shape index (κ2) is 5.53. The number of carbonyl (C=O) groups excluding carboxylic acids is 2. The number of rotatable bonds is 2. The molecule has 0 aromatic heterocycles. The Kier molecular flexibility index (Phi) is 3.82. The molecule has 0 radical (unpaired) electrons. The van der Waals surface area contributed by atoms with Crippen molar-refractivity contribution in [2.75, 3.05) is 20.2 Å². The summed E-state index contributed by atoms with van der Waals surface area (Å²) in [7, 11) is 1.56. The van der Waals surface area contributed by atoms with Crippen LogP contribution in [0.2, 0.25) is 0 Å². The number of carbonyl (C=O) groups is 2. The Morgan fingerprint density at radius 1 is 1.17 bits per heavy atom. The van der Waals surface area contributed by atoms with E-state index in [9.17, 15) is 9.59 Å². The number of amides is 3. The highest BCUT2D eigenvalue weighted by atomic mass is 16.5. The van der Waals surface area contributed by atoms with Crippen LogP contribution in [0.1, 0.15) is 23.2 Å². The number of ether oxygens (including phenoxy) is 1. The molecule has 1 saturated heterocycles. The number of imide groups is 1. The third-order valence-corrected chi connectivity index (χ3v) is 2.97. The number of methoxy groups -OCH3 is 1. The molecule has 5 nitrogen and oxygen atoms in total. The first-order chi connectivity index (χ1) is 8.70. The van der Waals surface area contributed by atoms with Crippen molar-refractivity contribution in [1.29, 1.82) is 0 Å². The molecule has 1 aromatic rings. The van der Waals surface area contributed by atoms with Crippen LogP contribution in [0.5, 0.6) is 5.75 Å². The highest BCUT2D eigenvalue weighted by Crippen LogP contribution is 2.12. The zero-order valence-electron chi connectivity index (χ0n) is 10.3. The zero-order chi connectivity index (χ0) is 13.0. The van der Waals surface area contributed by atoms with Crippen LogP contribution >= 0.6 is 0 Å². The van der Waals surface area contributed by atoms with Gasteiger partial charge in [0.25, 0.3) is 5.91 Å². The van der Waals surface area contributed by atoms with E-state index in [2.05, 4.69) is 5.32 Å². The van der Waals surface area contributed by atoms with Gasteiger partial charge in [-0.25, -0.2) is 4.79 Å². The first-order valence-corrected chi connectivity index (χ1v) is 5.95. The van der Waals surface area contributed by atoms with Crippen LogP contribution in [-0.4, -0.2) is 37.0 Å². The standard InChI is InChI=1S/C13H16N2O3/c1-18-11-6-4-10(5-7-11)12(16)14-13(17)15-8-2-3-9-15/h4-7H,2-3,8-9H2,1H3,(H,14,16,17). The molecule has 2 rings (SSSR count). The Hall–Kier alpha value is -2.04. The number of benzene rings is 1. The number of urea groups is 1. The fraction of sp³-hybridized carbons (Fsp3) is 0.385. The fourth-order valence-electron chi connectivity index (χ4n) is 1.91. The van der Waals surface area contributed by atoms with Gasteiger partial charge in [0.05, 0.1) is 7.11 Å². The molecule has 0 atom stereocenters. The molecule has 3 amide bonds. The van der Waals surface area contributed by atoms with Crippen molar-refractivity contribution in [2.24, 2.45) is 0 Å². The Morgan fingerprint density at radius 3 is 2.33 bits per heavy atom. The minimum atomic E-state index is -0.380. The summed E-state index contributed by atoms with van der Waals surface area (Å²) >= 11 is 0. The zero-order valence-corrected chi connectivity index (χ0v) is 10.3. The van der Waals surface area contributed by atoms with Crippen molar-refractivity contribution in [2.45, 2.75) is 12.8 Å². The van der Waals surface area contributed by atoms with Gasteiger partial charge in [0.15, 0.2) is 0 Å². The average molecular weight is 248 g/mol. The van der Waals surface area contributed by atoms with E-state index in [1.54, 1.807) is 36.3 Å². The van der Waals surface area contributed by atoms with Gasteiger partial charge in [-0.2, -0.15) is 0 Å². The lowest BCUT2D eigenvalue weighted by atomic mass is 10.2. The van der Waals surface area contributed by atoms with Gasteiger partial charge in [-0.05, 0) is 37.1 Å². The lowest BCUT2D eigenvalue weighted by Gasteiger charge is -2.15. The molecule has 0 aliphatic carbocycles. The predicted octanol–water partition coefficient (Wildman–Crippen LogP) is 1.64. The minimum absolute atomic E-state index is 0.312. The maximum absolute atomic E-state index is 11.8. The van der Waals surface area contributed by atoms with E-state index in [-0.39, 0.29) is 11.9 Å². The summed E-state index contributed by atoms with van der Waals surface area (Å²) in [4.78, 5) is 25.2. The molecule has 1 heterocycles. The maximum atomic E-state index is 11.8. The number of likely N-dealkylation sites (tertiary alicyclic amines) is 1. The second-order valence-electron chi connectivity index (χ2n) is 4.18. The van der Waals surface area contributed by atoms with Gasteiger partial charge >= 0.3 is 6.03 Å². The molecule has 18 heavy (non-hydrogen) atoms. The Bertz CT molecular complexity index is 436. The van der Waals surface area contributed by atoms with E-state index >= 15 is 0 Å². The van der Waals surface area contributed by atoms with E-state index in [1.165, 1.54) is 0 Å². The molecular weight excluding hydrogens is 232 g/mol. The molecule has 0 saturated carbocycles.